The molecule has 0 saturated heterocycles. The molecule has 0 spiro atoms. The zero-order chi connectivity index (χ0) is 11.6. The fourth-order valence-electron chi connectivity index (χ4n) is 1.55. The summed E-state index contributed by atoms with van der Waals surface area (Å²) in [5.41, 5.74) is -0.0557. The maximum absolute atomic E-state index is 8.60. The van der Waals surface area contributed by atoms with E-state index < -0.39 is 0 Å². The van der Waals surface area contributed by atoms with Crippen molar-refractivity contribution >= 4 is 0 Å². The number of hydrogen-bond donors (Lipinski definition) is 2. The van der Waals surface area contributed by atoms with Gasteiger partial charge in [-0.1, -0.05) is 12.8 Å². The minimum atomic E-state index is -0.0557. The first-order chi connectivity index (χ1) is 7.12. The molecule has 0 atom stereocenters. The number of rotatable bonds is 10. The Balaban J connectivity index is 3.22. The molecular formula is C12H27NO2. The van der Waals surface area contributed by atoms with Gasteiger partial charge in [-0.25, -0.2) is 0 Å². The normalized spacial score (nSPS) is 12.0. The summed E-state index contributed by atoms with van der Waals surface area (Å²) < 4.78 is 5.58. The number of hydrogen-bond acceptors (Lipinski definition) is 3. The van der Waals surface area contributed by atoms with Gasteiger partial charge in [0.05, 0.1) is 5.60 Å². The van der Waals surface area contributed by atoms with Crippen LogP contribution in [0.3, 0.4) is 0 Å². The van der Waals surface area contributed by atoms with E-state index in [9.17, 15) is 0 Å². The Labute approximate surface area is 94.2 Å². The lowest BCUT2D eigenvalue weighted by Gasteiger charge is -2.25. The second-order valence-electron chi connectivity index (χ2n) is 4.51. The average Bonchev–Trinajstić information content (AvgIpc) is 2.16. The van der Waals surface area contributed by atoms with Gasteiger partial charge in [0.1, 0.15) is 0 Å². The Hall–Kier alpha value is -0.120. The predicted molar refractivity (Wildman–Crippen MR) is 64.1 cm³/mol. The van der Waals surface area contributed by atoms with Gasteiger partial charge >= 0.3 is 0 Å². The number of ether oxygens (including phenoxy) is 1. The highest BCUT2D eigenvalue weighted by molar-refractivity contribution is 4.71. The quantitative estimate of drug-likeness (QED) is 0.550. The van der Waals surface area contributed by atoms with E-state index in [-0.39, 0.29) is 5.60 Å². The maximum atomic E-state index is 8.60. The lowest BCUT2D eigenvalue weighted by molar-refractivity contribution is -0.00867. The highest BCUT2D eigenvalue weighted by atomic mass is 16.5. The molecule has 0 saturated carbocycles. The number of nitrogens with one attached hydrogen (secondary N) is 1. The lowest BCUT2D eigenvalue weighted by atomic mass is 10.1. The molecule has 0 bridgehead atoms. The van der Waals surface area contributed by atoms with Crippen molar-refractivity contribution in [2.75, 3.05) is 26.3 Å². The van der Waals surface area contributed by atoms with Crippen molar-refractivity contribution in [2.45, 2.75) is 52.1 Å². The van der Waals surface area contributed by atoms with Crippen LogP contribution >= 0.6 is 0 Å². The maximum Gasteiger partial charge on any atom is 0.0750 e. The second kappa shape index (κ2) is 9.13. The molecule has 0 aliphatic heterocycles. The van der Waals surface area contributed by atoms with Crippen LogP contribution in [0.15, 0.2) is 0 Å². The Morgan fingerprint density at radius 1 is 1.13 bits per heavy atom. The van der Waals surface area contributed by atoms with E-state index in [1.807, 2.05) is 6.92 Å². The lowest BCUT2D eigenvalue weighted by Crippen LogP contribution is -2.38. The van der Waals surface area contributed by atoms with Crippen LogP contribution in [0.25, 0.3) is 0 Å². The summed E-state index contributed by atoms with van der Waals surface area (Å²) in [4.78, 5) is 0. The third kappa shape index (κ3) is 10.2. The zero-order valence-corrected chi connectivity index (χ0v) is 10.5. The summed E-state index contributed by atoms with van der Waals surface area (Å²) >= 11 is 0. The number of aliphatic hydroxyl groups excluding tert-OH is 1. The van der Waals surface area contributed by atoms with Gasteiger partial charge in [-0.3, -0.25) is 0 Å². The van der Waals surface area contributed by atoms with Crippen molar-refractivity contribution in [1.29, 1.82) is 0 Å². The van der Waals surface area contributed by atoms with Crippen LogP contribution in [-0.2, 0) is 4.74 Å². The molecule has 0 aliphatic rings. The van der Waals surface area contributed by atoms with E-state index in [0.717, 1.165) is 32.5 Å². The molecule has 3 heteroatoms. The third-order valence-electron chi connectivity index (χ3n) is 2.35. The summed E-state index contributed by atoms with van der Waals surface area (Å²) in [6.07, 6.45) is 4.45. The molecule has 0 radical (unpaired) electrons. The molecule has 0 unspecified atom stereocenters. The zero-order valence-electron chi connectivity index (χ0n) is 10.5. The van der Waals surface area contributed by atoms with Gasteiger partial charge in [-0.15, -0.1) is 0 Å². The van der Waals surface area contributed by atoms with Crippen LogP contribution in [0, 0.1) is 0 Å². The number of aliphatic hydroxyl groups is 1. The highest BCUT2D eigenvalue weighted by Crippen LogP contribution is 2.06. The van der Waals surface area contributed by atoms with Crippen molar-refractivity contribution in [3.63, 3.8) is 0 Å². The van der Waals surface area contributed by atoms with E-state index in [4.69, 9.17) is 9.84 Å². The smallest absolute Gasteiger partial charge is 0.0750 e. The molecule has 0 aliphatic carbocycles. The molecule has 0 amide bonds. The highest BCUT2D eigenvalue weighted by Gasteiger charge is 2.15. The SMILES string of the molecule is CCOC(C)(C)CNCCCCCCO. The molecule has 92 valence electrons. The van der Waals surface area contributed by atoms with Crippen LogP contribution in [0.2, 0.25) is 0 Å². The van der Waals surface area contributed by atoms with E-state index in [1.54, 1.807) is 0 Å². The predicted octanol–water partition coefficient (Wildman–Crippen LogP) is 1.94. The summed E-state index contributed by atoms with van der Waals surface area (Å²) in [6.45, 7) is 9.28. The first kappa shape index (κ1) is 14.9. The molecule has 0 aromatic rings. The summed E-state index contributed by atoms with van der Waals surface area (Å²) in [5, 5.41) is 12.0. The van der Waals surface area contributed by atoms with Crippen molar-refractivity contribution in [3.05, 3.63) is 0 Å². The van der Waals surface area contributed by atoms with Crippen molar-refractivity contribution in [3.8, 4) is 0 Å². The minimum Gasteiger partial charge on any atom is -0.396 e. The van der Waals surface area contributed by atoms with Crippen molar-refractivity contribution < 1.29 is 9.84 Å². The summed E-state index contributed by atoms with van der Waals surface area (Å²) in [7, 11) is 0. The molecule has 0 aromatic carbocycles. The second-order valence-corrected chi connectivity index (χ2v) is 4.51. The van der Waals surface area contributed by atoms with Gasteiger partial charge in [-0.05, 0) is 40.2 Å². The summed E-state index contributed by atoms with van der Waals surface area (Å²) in [5.74, 6) is 0. The van der Waals surface area contributed by atoms with Crippen LogP contribution in [0.1, 0.15) is 46.5 Å². The fourth-order valence-corrected chi connectivity index (χ4v) is 1.55. The molecule has 3 nitrogen and oxygen atoms in total. The van der Waals surface area contributed by atoms with Crippen LogP contribution < -0.4 is 5.32 Å². The summed E-state index contributed by atoms with van der Waals surface area (Å²) in [6, 6.07) is 0. The Morgan fingerprint density at radius 2 is 1.80 bits per heavy atom. The van der Waals surface area contributed by atoms with E-state index in [0.29, 0.717) is 6.61 Å². The molecule has 15 heavy (non-hydrogen) atoms. The van der Waals surface area contributed by atoms with Gasteiger partial charge in [0.2, 0.25) is 0 Å². The monoisotopic (exact) mass is 217 g/mol. The van der Waals surface area contributed by atoms with Crippen LogP contribution in [0.4, 0.5) is 0 Å². The molecule has 0 fully saturated rings. The topological polar surface area (TPSA) is 41.5 Å². The molecule has 0 heterocycles. The van der Waals surface area contributed by atoms with Gasteiger partial charge in [0, 0.05) is 19.8 Å². The van der Waals surface area contributed by atoms with Gasteiger partial charge < -0.3 is 15.2 Å². The largest absolute Gasteiger partial charge is 0.396 e. The van der Waals surface area contributed by atoms with Crippen LogP contribution in [0.5, 0.6) is 0 Å². The Morgan fingerprint density at radius 3 is 2.40 bits per heavy atom. The molecular weight excluding hydrogens is 190 g/mol. The molecule has 0 aromatic heterocycles. The van der Waals surface area contributed by atoms with E-state index in [2.05, 4.69) is 19.2 Å². The van der Waals surface area contributed by atoms with E-state index in [1.165, 1.54) is 12.8 Å². The third-order valence-corrected chi connectivity index (χ3v) is 2.35. The van der Waals surface area contributed by atoms with Gasteiger partial charge in [-0.2, -0.15) is 0 Å². The number of unbranched alkanes of at least 4 members (excludes halogenated alkanes) is 3. The fraction of sp³-hybridized carbons (Fsp3) is 1.00. The van der Waals surface area contributed by atoms with Crippen molar-refractivity contribution in [1.82, 2.24) is 5.32 Å². The minimum absolute atomic E-state index is 0.0557. The first-order valence-electron chi connectivity index (χ1n) is 6.08. The van der Waals surface area contributed by atoms with E-state index >= 15 is 0 Å². The standard InChI is InChI=1S/C12H27NO2/c1-4-15-12(2,3)11-13-9-7-5-6-8-10-14/h13-14H,4-11H2,1-3H3. The van der Waals surface area contributed by atoms with Crippen molar-refractivity contribution in [2.24, 2.45) is 0 Å². The molecule has 0 rings (SSSR count). The first-order valence-corrected chi connectivity index (χ1v) is 6.08. The van der Waals surface area contributed by atoms with Crippen LogP contribution in [-0.4, -0.2) is 37.0 Å². The van der Waals surface area contributed by atoms with Gasteiger partial charge in [0.15, 0.2) is 0 Å². The Kier molecular flexibility index (Phi) is 9.06. The molecule has 2 N–H and O–H groups in total. The Bertz CT molecular complexity index is 138. The van der Waals surface area contributed by atoms with Gasteiger partial charge in [0.25, 0.3) is 0 Å². The average molecular weight is 217 g/mol.